The Labute approximate surface area is 96.3 Å². The van der Waals surface area contributed by atoms with Gasteiger partial charge in [0.15, 0.2) is 0 Å². The fraction of sp³-hybridized carbons (Fsp3) is 0.556. The average molecular weight is 247 g/mol. The van der Waals surface area contributed by atoms with Crippen molar-refractivity contribution in [1.29, 1.82) is 0 Å². The Kier molecular flexibility index (Phi) is 5.01. The molecular formula is C9H14FN3O4. The molecule has 0 saturated heterocycles. The first kappa shape index (κ1) is 13.6. The molecule has 0 aliphatic heterocycles. The fourth-order valence-electron chi connectivity index (χ4n) is 1.10. The van der Waals surface area contributed by atoms with E-state index in [9.17, 15) is 9.18 Å². The van der Waals surface area contributed by atoms with Crippen LogP contribution < -0.4 is 11.4 Å². The number of nitrogens with zero attached hydrogens (tertiary/aromatic N) is 2. The Balaban J connectivity index is 2.63. The van der Waals surface area contributed by atoms with Crippen molar-refractivity contribution in [2.75, 3.05) is 19.0 Å². The number of halogens is 1. The zero-order valence-electron chi connectivity index (χ0n) is 8.99. The van der Waals surface area contributed by atoms with E-state index >= 15 is 0 Å². The van der Waals surface area contributed by atoms with Crippen LogP contribution in [0.15, 0.2) is 17.1 Å². The van der Waals surface area contributed by atoms with Crippen LogP contribution in [0.1, 0.15) is 0 Å². The number of ether oxygens (including phenoxy) is 1. The lowest BCUT2D eigenvalue weighted by molar-refractivity contribution is -0.0936. The molecule has 0 radical (unpaired) electrons. The molecule has 0 spiro atoms. The highest BCUT2D eigenvalue weighted by Gasteiger charge is 2.19. The largest absolute Gasteiger partial charge is 0.394 e. The van der Waals surface area contributed by atoms with Crippen molar-refractivity contribution in [3.63, 3.8) is 0 Å². The zero-order valence-corrected chi connectivity index (χ0v) is 8.99. The van der Waals surface area contributed by atoms with E-state index in [1.54, 1.807) is 0 Å². The van der Waals surface area contributed by atoms with E-state index in [1.165, 1.54) is 12.3 Å². The van der Waals surface area contributed by atoms with Gasteiger partial charge in [-0.15, -0.1) is 0 Å². The first-order valence-electron chi connectivity index (χ1n) is 4.88. The van der Waals surface area contributed by atoms with Gasteiger partial charge in [0.2, 0.25) is 0 Å². The van der Waals surface area contributed by atoms with E-state index in [4.69, 9.17) is 20.7 Å². The molecule has 0 saturated carbocycles. The van der Waals surface area contributed by atoms with Gasteiger partial charge in [-0.2, -0.15) is 4.98 Å². The quantitative estimate of drug-likeness (QED) is 0.563. The van der Waals surface area contributed by atoms with Crippen LogP contribution >= 0.6 is 0 Å². The van der Waals surface area contributed by atoms with E-state index in [0.717, 1.165) is 4.57 Å². The van der Waals surface area contributed by atoms with Crippen molar-refractivity contribution in [2.45, 2.75) is 18.9 Å². The van der Waals surface area contributed by atoms with Crippen LogP contribution in [0.5, 0.6) is 0 Å². The van der Waals surface area contributed by atoms with Crippen molar-refractivity contribution >= 4 is 5.82 Å². The van der Waals surface area contributed by atoms with Gasteiger partial charge >= 0.3 is 5.69 Å². The highest BCUT2D eigenvalue weighted by Crippen LogP contribution is 2.01. The highest BCUT2D eigenvalue weighted by atomic mass is 19.1. The molecule has 1 heterocycles. The predicted molar refractivity (Wildman–Crippen MR) is 56.9 cm³/mol. The lowest BCUT2D eigenvalue weighted by atomic mass is 10.2. The summed E-state index contributed by atoms with van der Waals surface area (Å²) in [5, 5.41) is 18.0. The van der Waals surface area contributed by atoms with E-state index in [1.807, 2.05) is 0 Å². The number of rotatable bonds is 6. The van der Waals surface area contributed by atoms with Gasteiger partial charge in [0.1, 0.15) is 31.4 Å². The second kappa shape index (κ2) is 6.28. The fourth-order valence-corrected chi connectivity index (χ4v) is 1.10. The summed E-state index contributed by atoms with van der Waals surface area (Å²) >= 11 is 0. The van der Waals surface area contributed by atoms with Gasteiger partial charge in [0, 0.05) is 6.20 Å². The molecule has 4 N–H and O–H groups in total. The summed E-state index contributed by atoms with van der Waals surface area (Å²) in [7, 11) is 0. The van der Waals surface area contributed by atoms with Crippen molar-refractivity contribution in [3.05, 3.63) is 22.7 Å². The van der Waals surface area contributed by atoms with Crippen LogP contribution in [0.25, 0.3) is 0 Å². The maximum atomic E-state index is 12.1. The van der Waals surface area contributed by atoms with Crippen LogP contribution in [0.2, 0.25) is 0 Å². The van der Waals surface area contributed by atoms with Gasteiger partial charge in [0.05, 0.1) is 6.61 Å². The Hall–Kier alpha value is -1.51. The van der Waals surface area contributed by atoms with E-state index in [0.29, 0.717) is 0 Å². The van der Waals surface area contributed by atoms with Gasteiger partial charge in [-0.1, -0.05) is 0 Å². The smallest absolute Gasteiger partial charge is 0.351 e. The molecule has 0 bridgehead atoms. The molecule has 0 aliphatic rings. The number of aromatic nitrogens is 2. The molecule has 1 aromatic heterocycles. The number of aliphatic hydroxyl groups is 2. The Morgan fingerprint density at radius 3 is 2.88 bits per heavy atom. The summed E-state index contributed by atoms with van der Waals surface area (Å²) in [6, 6.07) is 1.39. The standard InChI is InChI=1S/C9H14FN3O4/c10-3-6(15)7(4-14)17-5-13-2-1-8(11)12-9(13)16/h1-2,6-7,14-15H,3-5H2,(H2,11,12,16)/t6?,7-/m1/s1. The number of hydrogen-bond donors (Lipinski definition) is 3. The minimum atomic E-state index is -1.43. The van der Waals surface area contributed by atoms with Crippen molar-refractivity contribution in [3.8, 4) is 0 Å². The zero-order chi connectivity index (χ0) is 12.8. The molecular weight excluding hydrogens is 233 g/mol. The van der Waals surface area contributed by atoms with E-state index in [-0.39, 0.29) is 12.5 Å². The van der Waals surface area contributed by atoms with Crippen molar-refractivity contribution in [2.24, 2.45) is 0 Å². The van der Waals surface area contributed by atoms with Crippen LogP contribution in [0, 0.1) is 0 Å². The lowest BCUT2D eigenvalue weighted by Crippen LogP contribution is -2.36. The second-order valence-electron chi connectivity index (χ2n) is 3.34. The maximum absolute atomic E-state index is 12.1. The molecule has 7 nitrogen and oxygen atoms in total. The lowest BCUT2D eigenvalue weighted by Gasteiger charge is -2.19. The molecule has 1 rings (SSSR count). The summed E-state index contributed by atoms with van der Waals surface area (Å²) in [6.45, 7) is -1.85. The van der Waals surface area contributed by atoms with Crippen LogP contribution in [-0.2, 0) is 11.5 Å². The third kappa shape index (κ3) is 3.77. The summed E-state index contributed by atoms with van der Waals surface area (Å²) in [4.78, 5) is 14.7. The molecule has 17 heavy (non-hydrogen) atoms. The molecule has 1 unspecified atom stereocenters. The van der Waals surface area contributed by atoms with Gasteiger partial charge in [-0.25, -0.2) is 9.18 Å². The summed E-state index contributed by atoms with van der Waals surface area (Å²) in [5.41, 5.74) is 4.66. The number of hydrogen-bond acceptors (Lipinski definition) is 6. The van der Waals surface area contributed by atoms with Crippen LogP contribution in [0.3, 0.4) is 0 Å². The van der Waals surface area contributed by atoms with Crippen LogP contribution in [-0.4, -0.2) is 45.3 Å². The van der Waals surface area contributed by atoms with Gasteiger partial charge in [0.25, 0.3) is 0 Å². The first-order chi connectivity index (χ1) is 8.08. The number of alkyl halides is 1. The predicted octanol–water partition coefficient (Wildman–Crippen LogP) is -1.51. The third-order valence-electron chi connectivity index (χ3n) is 2.09. The molecule has 1 aromatic rings. The second-order valence-corrected chi connectivity index (χ2v) is 3.34. The van der Waals surface area contributed by atoms with E-state index < -0.39 is 31.2 Å². The summed E-state index contributed by atoms with van der Waals surface area (Å²) in [6.07, 6.45) is -1.18. The molecule has 2 atom stereocenters. The van der Waals surface area contributed by atoms with Gasteiger partial charge in [-0.05, 0) is 6.07 Å². The Bertz CT molecular complexity index is 411. The SMILES string of the molecule is Nc1ccn(CO[C@H](CO)C(O)CF)c(=O)n1. The normalized spacial score (nSPS) is 14.5. The van der Waals surface area contributed by atoms with E-state index in [2.05, 4.69) is 4.98 Å². The minimum Gasteiger partial charge on any atom is -0.394 e. The Morgan fingerprint density at radius 2 is 2.35 bits per heavy atom. The topological polar surface area (TPSA) is 111 Å². The van der Waals surface area contributed by atoms with Gasteiger partial charge < -0.3 is 20.7 Å². The number of aliphatic hydroxyl groups excluding tert-OH is 2. The molecule has 8 heteroatoms. The number of nitrogen functional groups attached to an aromatic ring is 1. The molecule has 0 amide bonds. The summed E-state index contributed by atoms with van der Waals surface area (Å²) < 4.78 is 18.2. The van der Waals surface area contributed by atoms with Crippen molar-refractivity contribution in [1.82, 2.24) is 9.55 Å². The minimum absolute atomic E-state index is 0.0775. The van der Waals surface area contributed by atoms with Crippen LogP contribution in [0.4, 0.5) is 10.2 Å². The molecule has 0 fully saturated rings. The van der Waals surface area contributed by atoms with Crippen molar-refractivity contribution < 1.29 is 19.3 Å². The number of anilines is 1. The maximum Gasteiger partial charge on any atom is 0.351 e. The molecule has 0 aromatic carbocycles. The van der Waals surface area contributed by atoms with Gasteiger partial charge in [-0.3, -0.25) is 4.57 Å². The third-order valence-corrected chi connectivity index (χ3v) is 2.09. The summed E-state index contributed by atoms with van der Waals surface area (Å²) in [5.74, 6) is 0.0775. The molecule has 0 aliphatic carbocycles. The highest BCUT2D eigenvalue weighted by molar-refractivity contribution is 5.23. The number of nitrogens with two attached hydrogens (primary N) is 1. The Morgan fingerprint density at radius 1 is 1.65 bits per heavy atom. The monoisotopic (exact) mass is 247 g/mol. The molecule has 96 valence electrons. The average Bonchev–Trinajstić information content (AvgIpc) is 2.31. The first-order valence-corrected chi connectivity index (χ1v) is 4.88.